The average Bonchev–Trinajstić information content (AvgIpc) is 2.05. The van der Waals surface area contributed by atoms with Crippen LogP contribution in [0.2, 0.25) is 0 Å². The molecular weight excluding hydrogens is 150 g/mol. The minimum Gasteiger partial charge on any atom is -0.322 e. The molecule has 3 nitrogen and oxygen atoms in total. The molecule has 0 fully saturated rings. The largest absolute Gasteiger partial charge is 0.322 e. The molecule has 0 aromatic carbocycles. The Morgan fingerprint density at radius 1 is 1.75 bits per heavy atom. The molecule has 1 aromatic rings. The summed E-state index contributed by atoms with van der Waals surface area (Å²) in [6.45, 7) is 1.94. The van der Waals surface area contributed by atoms with E-state index in [0.717, 1.165) is 11.3 Å². The molecule has 0 radical (unpaired) electrons. The second-order valence-electron chi connectivity index (χ2n) is 2.67. The second-order valence-corrected chi connectivity index (χ2v) is 2.67. The summed E-state index contributed by atoms with van der Waals surface area (Å²) in [6, 6.07) is 5.58. The van der Waals surface area contributed by atoms with Gasteiger partial charge < -0.3 is 5.73 Å². The van der Waals surface area contributed by atoms with Crippen molar-refractivity contribution >= 4 is 0 Å². The number of pyridine rings is 1. The number of hydrogen-bond donors (Lipinski definition) is 1. The number of nitrogens with zero attached hydrogens (tertiary/aromatic N) is 2. The highest BCUT2D eigenvalue weighted by Gasteiger charge is 2.08. The zero-order valence-electron chi connectivity index (χ0n) is 6.99. The monoisotopic (exact) mass is 161 g/mol. The summed E-state index contributed by atoms with van der Waals surface area (Å²) in [4.78, 5) is 4.12. The lowest BCUT2D eigenvalue weighted by atomic mass is 10.1. The van der Waals surface area contributed by atoms with Gasteiger partial charge in [-0.25, -0.2) is 0 Å². The summed E-state index contributed by atoms with van der Waals surface area (Å²) in [5.41, 5.74) is 7.58. The molecule has 12 heavy (non-hydrogen) atoms. The van der Waals surface area contributed by atoms with Gasteiger partial charge in [-0.2, -0.15) is 5.26 Å². The fourth-order valence-corrected chi connectivity index (χ4v) is 1.08. The molecule has 0 unspecified atom stereocenters. The van der Waals surface area contributed by atoms with Crippen LogP contribution < -0.4 is 5.73 Å². The molecule has 0 spiro atoms. The average molecular weight is 161 g/mol. The van der Waals surface area contributed by atoms with Gasteiger partial charge in [0.25, 0.3) is 0 Å². The van der Waals surface area contributed by atoms with Crippen LogP contribution in [0.4, 0.5) is 0 Å². The highest BCUT2D eigenvalue weighted by molar-refractivity contribution is 5.21. The Labute approximate surface area is 71.8 Å². The van der Waals surface area contributed by atoms with Gasteiger partial charge in [0.15, 0.2) is 0 Å². The third-order valence-electron chi connectivity index (χ3n) is 1.71. The molecule has 0 saturated heterocycles. The summed E-state index contributed by atoms with van der Waals surface area (Å²) in [6.07, 6.45) is 2.01. The third kappa shape index (κ3) is 1.80. The molecule has 0 saturated carbocycles. The van der Waals surface area contributed by atoms with Crippen LogP contribution in [0.1, 0.15) is 23.7 Å². The van der Waals surface area contributed by atoms with Crippen molar-refractivity contribution in [3.05, 3.63) is 29.6 Å². The molecule has 0 aliphatic rings. The second kappa shape index (κ2) is 3.84. The van der Waals surface area contributed by atoms with Crippen molar-refractivity contribution in [2.24, 2.45) is 5.73 Å². The quantitative estimate of drug-likeness (QED) is 0.711. The maximum atomic E-state index is 8.43. The molecule has 2 N–H and O–H groups in total. The Kier molecular flexibility index (Phi) is 2.78. The van der Waals surface area contributed by atoms with Crippen LogP contribution in [0.5, 0.6) is 0 Å². The number of aryl methyl sites for hydroxylation is 1. The maximum absolute atomic E-state index is 8.43. The maximum Gasteiger partial charge on any atom is 0.0642 e. The molecule has 1 heterocycles. The van der Waals surface area contributed by atoms with Crippen LogP contribution >= 0.6 is 0 Å². The van der Waals surface area contributed by atoms with E-state index in [2.05, 4.69) is 4.98 Å². The van der Waals surface area contributed by atoms with Crippen LogP contribution in [0, 0.1) is 18.3 Å². The first-order chi connectivity index (χ1) is 5.75. The fourth-order valence-electron chi connectivity index (χ4n) is 1.08. The Bertz CT molecular complexity index is 301. The summed E-state index contributed by atoms with van der Waals surface area (Å²) in [5.74, 6) is 0. The van der Waals surface area contributed by atoms with Gasteiger partial charge in [-0.1, -0.05) is 6.07 Å². The van der Waals surface area contributed by atoms with E-state index in [0.29, 0.717) is 6.42 Å². The molecule has 0 aliphatic heterocycles. The van der Waals surface area contributed by atoms with Crippen LogP contribution in [0.15, 0.2) is 18.3 Å². The normalized spacial score (nSPS) is 12.1. The number of nitrogens with two attached hydrogens (primary N) is 1. The van der Waals surface area contributed by atoms with Gasteiger partial charge in [-0.05, 0) is 18.6 Å². The molecule has 0 aliphatic carbocycles. The van der Waals surface area contributed by atoms with Crippen LogP contribution in [0.25, 0.3) is 0 Å². The van der Waals surface area contributed by atoms with Gasteiger partial charge in [-0.3, -0.25) is 4.98 Å². The SMILES string of the molecule is Cc1cccnc1[C@H](N)CC#N. The lowest BCUT2D eigenvalue weighted by molar-refractivity contribution is 0.713. The summed E-state index contributed by atoms with van der Waals surface area (Å²) >= 11 is 0. The van der Waals surface area contributed by atoms with Crippen molar-refractivity contribution < 1.29 is 0 Å². The van der Waals surface area contributed by atoms with Gasteiger partial charge in [0, 0.05) is 6.20 Å². The Morgan fingerprint density at radius 2 is 2.50 bits per heavy atom. The van der Waals surface area contributed by atoms with Crippen LogP contribution in [-0.4, -0.2) is 4.98 Å². The first-order valence-electron chi connectivity index (χ1n) is 3.79. The van der Waals surface area contributed by atoms with E-state index in [-0.39, 0.29) is 6.04 Å². The standard InChI is InChI=1S/C9H11N3/c1-7-3-2-6-12-9(7)8(11)4-5-10/h2-3,6,8H,4,11H2,1H3/t8-/m1/s1. The predicted molar refractivity (Wildman–Crippen MR) is 46.1 cm³/mol. The van der Waals surface area contributed by atoms with Crippen molar-refractivity contribution in [3.8, 4) is 6.07 Å². The highest BCUT2D eigenvalue weighted by Crippen LogP contribution is 2.13. The van der Waals surface area contributed by atoms with E-state index < -0.39 is 0 Å². The van der Waals surface area contributed by atoms with E-state index in [1.165, 1.54) is 0 Å². The van der Waals surface area contributed by atoms with Crippen molar-refractivity contribution in [1.29, 1.82) is 5.26 Å². The van der Waals surface area contributed by atoms with Gasteiger partial charge in [-0.15, -0.1) is 0 Å². The van der Waals surface area contributed by atoms with Gasteiger partial charge in [0.2, 0.25) is 0 Å². The molecule has 0 amide bonds. The fraction of sp³-hybridized carbons (Fsp3) is 0.333. The lowest BCUT2D eigenvalue weighted by Crippen LogP contribution is -2.12. The lowest BCUT2D eigenvalue weighted by Gasteiger charge is -2.08. The van der Waals surface area contributed by atoms with Crippen LogP contribution in [0.3, 0.4) is 0 Å². The Hall–Kier alpha value is -1.40. The van der Waals surface area contributed by atoms with E-state index in [1.807, 2.05) is 25.1 Å². The van der Waals surface area contributed by atoms with Crippen molar-refractivity contribution in [3.63, 3.8) is 0 Å². The Morgan fingerprint density at radius 3 is 3.08 bits per heavy atom. The Balaban J connectivity index is 2.88. The molecule has 0 bridgehead atoms. The minimum absolute atomic E-state index is 0.254. The third-order valence-corrected chi connectivity index (χ3v) is 1.71. The van der Waals surface area contributed by atoms with Crippen molar-refractivity contribution in [2.45, 2.75) is 19.4 Å². The number of aromatic nitrogens is 1. The molecular formula is C9H11N3. The molecule has 1 aromatic heterocycles. The topological polar surface area (TPSA) is 62.7 Å². The molecule has 62 valence electrons. The van der Waals surface area contributed by atoms with E-state index in [9.17, 15) is 0 Å². The smallest absolute Gasteiger partial charge is 0.0642 e. The van der Waals surface area contributed by atoms with Gasteiger partial charge in [0.1, 0.15) is 0 Å². The zero-order valence-corrected chi connectivity index (χ0v) is 6.99. The molecule has 3 heteroatoms. The molecule has 1 rings (SSSR count). The predicted octanol–water partition coefficient (Wildman–Crippen LogP) is 1.30. The number of nitriles is 1. The van der Waals surface area contributed by atoms with E-state index >= 15 is 0 Å². The first kappa shape index (κ1) is 8.69. The van der Waals surface area contributed by atoms with Gasteiger partial charge >= 0.3 is 0 Å². The first-order valence-corrected chi connectivity index (χ1v) is 3.79. The van der Waals surface area contributed by atoms with E-state index in [4.69, 9.17) is 11.0 Å². The summed E-state index contributed by atoms with van der Waals surface area (Å²) in [5, 5.41) is 8.43. The zero-order chi connectivity index (χ0) is 8.97. The van der Waals surface area contributed by atoms with Crippen molar-refractivity contribution in [2.75, 3.05) is 0 Å². The van der Waals surface area contributed by atoms with Gasteiger partial charge in [0.05, 0.1) is 24.2 Å². The highest BCUT2D eigenvalue weighted by atomic mass is 14.8. The number of hydrogen-bond acceptors (Lipinski definition) is 3. The van der Waals surface area contributed by atoms with Crippen molar-refractivity contribution in [1.82, 2.24) is 4.98 Å². The summed E-state index contributed by atoms with van der Waals surface area (Å²) in [7, 11) is 0. The van der Waals surface area contributed by atoms with E-state index in [1.54, 1.807) is 6.20 Å². The summed E-state index contributed by atoms with van der Waals surface area (Å²) < 4.78 is 0. The number of rotatable bonds is 2. The van der Waals surface area contributed by atoms with Crippen LogP contribution in [-0.2, 0) is 0 Å². The minimum atomic E-state index is -0.254. The molecule has 1 atom stereocenters.